The number of nitrogens with zero attached hydrogens (tertiary/aromatic N) is 4. The zero-order valence-electron chi connectivity index (χ0n) is 19.4. The largest absolute Gasteiger partial charge is 0.488 e. The molecule has 1 saturated heterocycles. The van der Waals surface area contributed by atoms with Gasteiger partial charge in [-0.15, -0.1) is 0 Å². The maximum atomic E-state index is 6.41. The van der Waals surface area contributed by atoms with Gasteiger partial charge in [0.25, 0.3) is 0 Å². The van der Waals surface area contributed by atoms with Gasteiger partial charge in [0.15, 0.2) is 0 Å². The van der Waals surface area contributed by atoms with E-state index in [1.54, 1.807) is 6.33 Å². The van der Waals surface area contributed by atoms with Crippen LogP contribution in [0, 0.1) is 0 Å². The Labute approximate surface area is 194 Å². The van der Waals surface area contributed by atoms with Crippen LogP contribution >= 0.6 is 0 Å². The minimum absolute atomic E-state index is 0.00746. The van der Waals surface area contributed by atoms with E-state index in [4.69, 9.17) is 9.47 Å². The van der Waals surface area contributed by atoms with Crippen LogP contribution in [-0.2, 0) is 4.74 Å². The molecule has 0 bridgehead atoms. The number of hydrogen-bond acceptors (Lipinski definition) is 6. The molecule has 0 spiro atoms. The van der Waals surface area contributed by atoms with Crippen molar-refractivity contribution >= 4 is 16.7 Å². The van der Waals surface area contributed by atoms with Gasteiger partial charge in [-0.2, -0.15) is 5.10 Å². The van der Waals surface area contributed by atoms with Crippen molar-refractivity contribution < 1.29 is 9.47 Å². The highest BCUT2D eigenvalue weighted by molar-refractivity contribution is 5.93. The molecule has 174 valence electrons. The Balaban J connectivity index is 1.16. The lowest BCUT2D eigenvalue weighted by molar-refractivity contribution is -0.0395. The number of rotatable bonds is 6. The molecule has 2 aliphatic carbocycles. The maximum Gasteiger partial charge on any atom is 0.132 e. The number of piperidine rings is 1. The topological polar surface area (TPSA) is 76.2 Å². The molecule has 1 N–H and O–H groups in total. The Morgan fingerprint density at radius 2 is 1.76 bits per heavy atom. The zero-order valence-corrected chi connectivity index (χ0v) is 19.4. The van der Waals surface area contributed by atoms with Crippen molar-refractivity contribution in [1.82, 2.24) is 20.2 Å². The Morgan fingerprint density at radius 3 is 2.55 bits per heavy atom. The van der Waals surface area contributed by atoms with Gasteiger partial charge in [-0.05, 0) is 63.6 Å². The van der Waals surface area contributed by atoms with E-state index in [0.717, 1.165) is 72.6 Å². The van der Waals surface area contributed by atoms with Crippen LogP contribution in [0.25, 0.3) is 22.3 Å². The number of hydrogen-bond donors (Lipinski definition) is 1. The van der Waals surface area contributed by atoms with Gasteiger partial charge in [-0.1, -0.05) is 19.3 Å². The molecule has 3 fully saturated rings. The lowest BCUT2D eigenvalue weighted by Crippen LogP contribution is -2.39. The second kappa shape index (κ2) is 8.60. The third-order valence-corrected chi connectivity index (χ3v) is 7.45. The third-order valence-electron chi connectivity index (χ3n) is 7.45. The van der Waals surface area contributed by atoms with E-state index in [1.807, 2.05) is 12.1 Å². The molecule has 1 aromatic carbocycles. The summed E-state index contributed by atoms with van der Waals surface area (Å²) in [5.74, 6) is 1.85. The molecule has 1 aliphatic heterocycles. The molecule has 7 heteroatoms. The second-order valence-corrected chi connectivity index (χ2v) is 10.2. The fraction of sp³-hybridized carbons (Fsp3) is 0.577. The van der Waals surface area contributed by atoms with Gasteiger partial charge in [0.2, 0.25) is 0 Å². The molecular weight excluding hydrogens is 414 g/mol. The summed E-state index contributed by atoms with van der Waals surface area (Å²) in [6.45, 7) is 4.09. The van der Waals surface area contributed by atoms with Gasteiger partial charge >= 0.3 is 0 Å². The van der Waals surface area contributed by atoms with Crippen LogP contribution in [-0.4, -0.2) is 51.1 Å². The molecule has 0 radical (unpaired) electrons. The van der Waals surface area contributed by atoms with Crippen molar-refractivity contribution in [3.63, 3.8) is 0 Å². The van der Waals surface area contributed by atoms with Crippen molar-refractivity contribution in [3.8, 4) is 17.1 Å². The van der Waals surface area contributed by atoms with E-state index < -0.39 is 0 Å². The Hall–Kier alpha value is -2.67. The van der Waals surface area contributed by atoms with Crippen LogP contribution in [0.1, 0.15) is 64.7 Å². The maximum absolute atomic E-state index is 6.41. The van der Waals surface area contributed by atoms with Crippen LogP contribution in [0.5, 0.6) is 5.75 Å². The average Bonchev–Trinajstić information content (AvgIpc) is 3.42. The van der Waals surface area contributed by atoms with Crippen LogP contribution < -0.4 is 9.64 Å². The van der Waals surface area contributed by atoms with E-state index in [0.29, 0.717) is 12.2 Å². The molecule has 0 amide bonds. The number of benzene rings is 1. The van der Waals surface area contributed by atoms with E-state index in [2.05, 4.69) is 44.1 Å². The monoisotopic (exact) mass is 447 g/mol. The molecule has 3 heterocycles. The molecule has 6 rings (SSSR count). The highest BCUT2D eigenvalue weighted by Crippen LogP contribution is 2.40. The number of nitrogens with one attached hydrogen (secondary N) is 1. The molecule has 2 aromatic heterocycles. The van der Waals surface area contributed by atoms with Crippen molar-refractivity contribution in [3.05, 3.63) is 30.6 Å². The first-order chi connectivity index (χ1) is 16.2. The number of ether oxygens (including phenoxy) is 2. The molecule has 0 unspecified atom stereocenters. The van der Waals surface area contributed by atoms with Gasteiger partial charge < -0.3 is 14.4 Å². The van der Waals surface area contributed by atoms with E-state index in [-0.39, 0.29) is 5.60 Å². The van der Waals surface area contributed by atoms with Gasteiger partial charge in [0.1, 0.15) is 29.2 Å². The summed E-state index contributed by atoms with van der Waals surface area (Å²) >= 11 is 0. The first-order valence-corrected chi connectivity index (χ1v) is 12.6. The Kier molecular flexibility index (Phi) is 5.45. The molecule has 2 saturated carbocycles. The molecule has 3 aliphatic rings. The van der Waals surface area contributed by atoms with Crippen LogP contribution in [0.4, 0.5) is 5.82 Å². The number of aromatic nitrogens is 4. The summed E-state index contributed by atoms with van der Waals surface area (Å²) in [7, 11) is 0. The Morgan fingerprint density at radius 1 is 0.970 bits per heavy atom. The van der Waals surface area contributed by atoms with Crippen molar-refractivity contribution in [2.75, 3.05) is 18.0 Å². The first-order valence-electron chi connectivity index (χ1n) is 12.6. The standard InChI is InChI=1S/C26H33N5O2/c1-26(11-12-26)33-20-7-8-22-21(15-20)25(30-29-22)23-16-24(28-17-27-23)31-13-9-19(10-14-31)32-18-5-3-2-4-6-18/h7-8,15-19H,2-6,9-14H2,1H3,(H,29,30). The van der Waals surface area contributed by atoms with Crippen molar-refractivity contribution in [2.24, 2.45) is 0 Å². The number of anilines is 1. The fourth-order valence-corrected chi connectivity index (χ4v) is 5.16. The third kappa shape index (κ3) is 4.56. The van der Waals surface area contributed by atoms with Gasteiger partial charge in [-0.3, -0.25) is 5.10 Å². The van der Waals surface area contributed by atoms with Gasteiger partial charge in [0, 0.05) is 24.5 Å². The lowest BCUT2D eigenvalue weighted by Gasteiger charge is -2.35. The molecule has 33 heavy (non-hydrogen) atoms. The zero-order chi connectivity index (χ0) is 22.3. The predicted molar refractivity (Wildman–Crippen MR) is 129 cm³/mol. The van der Waals surface area contributed by atoms with Crippen LogP contribution in [0.2, 0.25) is 0 Å². The molecular formula is C26H33N5O2. The minimum atomic E-state index is -0.00746. The lowest BCUT2D eigenvalue weighted by atomic mass is 9.97. The molecule has 0 atom stereocenters. The molecule has 7 nitrogen and oxygen atoms in total. The summed E-state index contributed by atoms with van der Waals surface area (Å²) in [6.07, 6.45) is 13.3. The normalized spacial score (nSPS) is 21.4. The minimum Gasteiger partial charge on any atom is -0.488 e. The highest BCUT2D eigenvalue weighted by atomic mass is 16.5. The van der Waals surface area contributed by atoms with E-state index in [1.165, 1.54) is 32.1 Å². The second-order valence-electron chi connectivity index (χ2n) is 10.2. The highest BCUT2D eigenvalue weighted by Gasteiger charge is 2.40. The van der Waals surface area contributed by atoms with E-state index >= 15 is 0 Å². The van der Waals surface area contributed by atoms with Crippen molar-refractivity contribution in [1.29, 1.82) is 0 Å². The SMILES string of the molecule is CC1(Oc2ccc3[nH]nc(-c4cc(N5CCC(OC6CCCCC6)CC5)ncn4)c3c2)CC1. The summed E-state index contributed by atoms with van der Waals surface area (Å²) in [5, 5.41) is 8.74. The van der Waals surface area contributed by atoms with Crippen LogP contribution in [0.15, 0.2) is 30.6 Å². The predicted octanol–water partition coefficient (Wildman–Crippen LogP) is 5.27. The van der Waals surface area contributed by atoms with E-state index in [9.17, 15) is 0 Å². The van der Waals surface area contributed by atoms with Gasteiger partial charge in [0.05, 0.1) is 23.4 Å². The van der Waals surface area contributed by atoms with Gasteiger partial charge in [-0.25, -0.2) is 9.97 Å². The quantitative estimate of drug-likeness (QED) is 0.555. The summed E-state index contributed by atoms with van der Waals surface area (Å²) < 4.78 is 12.6. The van der Waals surface area contributed by atoms with Crippen LogP contribution in [0.3, 0.4) is 0 Å². The smallest absolute Gasteiger partial charge is 0.132 e. The number of aromatic amines is 1. The summed E-state index contributed by atoms with van der Waals surface area (Å²) in [4.78, 5) is 11.5. The average molecular weight is 448 g/mol. The Bertz CT molecular complexity index is 1110. The summed E-state index contributed by atoms with van der Waals surface area (Å²) in [6, 6.07) is 8.19. The number of fused-ring (bicyclic) bond motifs is 1. The first kappa shape index (κ1) is 20.9. The number of H-pyrrole nitrogens is 1. The molecule has 3 aromatic rings. The summed E-state index contributed by atoms with van der Waals surface area (Å²) in [5.41, 5.74) is 2.66. The fourth-order valence-electron chi connectivity index (χ4n) is 5.16. The van der Waals surface area contributed by atoms with Crippen molar-refractivity contribution in [2.45, 2.75) is 82.5 Å².